The zero-order chi connectivity index (χ0) is 9.14. The van der Waals surface area contributed by atoms with E-state index in [2.05, 4.69) is 10.3 Å². The first kappa shape index (κ1) is 9.05. The minimum absolute atomic E-state index is 0.183. The molecule has 1 aromatic heterocycles. The van der Waals surface area contributed by atoms with Gasteiger partial charge in [0.2, 0.25) is 0 Å². The molecule has 1 amide bonds. The fraction of sp³-hybridized carbons (Fsp3) is 0.500. The summed E-state index contributed by atoms with van der Waals surface area (Å²) in [5.41, 5.74) is 0. The lowest BCUT2D eigenvalue weighted by molar-refractivity contribution is 0.213. The Morgan fingerprint density at radius 1 is 1.67 bits per heavy atom. The Morgan fingerprint density at radius 3 is 2.83 bits per heavy atom. The van der Waals surface area contributed by atoms with Crippen molar-refractivity contribution in [2.45, 2.75) is 5.03 Å². The Bertz CT molecular complexity index is 283. The molecule has 0 aliphatic carbocycles. The maximum Gasteiger partial charge on any atom is 0.346 e. The van der Waals surface area contributed by atoms with Crippen LogP contribution in [-0.2, 0) is 0 Å². The summed E-state index contributed by atoms with van der Waals surface area (Å²) < 4.78 is 1.27. The lowest BCUT2D eigenvalue weighted by Gasteiger charge is -2.09. The quantitative estimate of drug-likeness (QED) is 0.600. The molecule has 1 aromatic rings. The number of aromatic nitrogens is 3. The van der Waals surface area contributed by atoms with Crippen LogP contribution in [0.1, 0.15) is 0 Å². The van der Waals surface area contributed by atoms with Crippen molar-refractivity contribution >= 4 is 17.8 Å². The van der Waals surface area contributed by atoms with Crippen molar-refractivity contribution in [3.05, 3.63) is 6.20 Å². The molecule has 0 unspecified atom stereocenters. The van der Waals surface area contributed by atoms with Crippen LogP contribution in [0.4, 0.5) is 4.79 Å². The van der Waals surface area contributed by atoms with E-state index in [4.69, 9.17) is 0 Å². The second-order valence-electron chi connectivity index (χ2n) is 2.37. The Morgan fingerprint density at radius 2 is 2.33 bits per heavy atom. The number of hydrogen-bond donors (Lipinski definition) is 0. The van der Waals surface area contributed by atoms with Gasteiger partial charge in [0, 0.05) is 14.1 Å². The average Bonchev–Trinajstić information content (AvgIpc) is 2.49. The topological polar surface area (TPSA) is 51.0 Å². The van der Waals surface area contributed by atoms with Gasteiger partial charge in [-0.15, -0.1) is 16.9 Å². The molecule has 66 valence electrons. The summed E-state index contributed by atoms with van der Waals surface area (Å²) in [6, 6.07) is -0.183. The highest BCUT2D eigenvalue weighted by atomic mass is 32.2. The summed E-state index contributed by atoms with van der Waals surface area (Å²) in [4.78, 5) is 12.8. The number of hydrogen-bond acceptors (Lipinski definition) is 4. The molecule has 0 bridgehead atoms. The molecule has 0 radical (unpaired) electrons. The van der Waals surface area contributed by atoms with E-state index >= 15 is 0 Å². The van der Waals surface area contributed by atoms with Crippen LogP contribution in [0.2, 0.25) is 0 Å². The zero-order valence-electron chi connectivity index (χ0n) is 7.18. The second-order valence-corrected chi connectivity index (χ2v) is 3.19. The van der Waals surface area contributed by atoms with E-state index in [-0.39, 0.29) is 6.03 Å². The van der Waals surface area contributed by atoms with Crippen LogP contribution in [0, 0.1) is 0 Å². The SMILES string of the molecule is CSc1cnnn1C(=O)N(C)C. The summed E-state index contributed by atoms with van der Waals surface area (Å²) in [5, 5.41) is 8.05. The third kappa shape index (κ3) is 1.58. The van der Waals surface area contributed by atoms with Crippen LogP contribution >= 0.6 is 11.8 Å². The fourth-order valence-electron chi connectivity index (χ4n) is 0.687. The molecule has 1 rings (SSSR count). The summed E-state index contributed by atoms with van der Waals surface area (Å²) in [5.74, 6) is 0. The van der Waals surface area contributed by atoms with E-state index in [1.165, 1.54) is 21.3 Å². The minimum Gasteiger partial charge on any atom is -0.329 e. The summed E-state index contributed by atoms with van der Waals surface area (Å²) >= 11 is 1.44. The van der Waals surface area contributed by atoms with Crippen LogP contribution in [0.25, 0.3) is 0 Å². The molecule has 0 atom stereocenters. The Hall–Kier alpha value is -1.04. The molecule has 0 aliphatic rings. The maximum atomic E-state index is 11.4. The number of carbonyl (C=O) groups is 1. The van der Waals surface area contributed by atoms with Crippen LogP contribution in [-0.4, -0.2) is 46.3 Å². The van der Waals surface area contributed by atoms with Gasteiger partial charge in [-0.3, -0.25) is 0 Å². The first-order chi connectivity index (χ1) is 5.66. The van der Waals surface area contributed by atoms with Gasteiger partial charge in [0.15, 0.2) is 0 Å². The number of carbonyl (C=O) groups excluding carboxylic acids is 1. The van der Waals surface area contributed by atoms with Gasteiger partial charge in [0.1, 0.15) is 5.03 Å². The minimum atomic E-state index is -0.183. The number of rotatable bonds is 1. The Balaban J connectivity index is 2.94. The standard InChI is InChI=1S/C6H10N4OS/c1-9(2)6(11)10-5(12-3)4-7-8-10/h4H,1-3H3. The molecule has 0 saturated carbocycles. The molecular formula is C6H10N4OS. The van der Waals surface area contributed by atoms with Gasteiger partial charge in [0.25, 0.3) is 0 Å². The van der Waals surface area contributed by atoms with Crippen LogP contribution in [0.15, 0.2) is 11.2 Å². The number of thioether (sulfide) groups is 1. The van der Waals surface area contributed by atoms with Crippen molar-refractivity contribution in [1.29, 1.82) is 0 Å². The molecule has 6 heteroatoms. The van der Waals surface area contributed by atoms with E-state index in [1.807, 2.05) is 6.26 Å². The average molecular weight is 186 g/mol. The van der Waals surface area contributed by atoms with Gasteiger partial charge in [-0.2, -0.15) is 4.68 Å². The van der Waals surface area contributed by atoms with Crippen molar-refractivity contribution in [2.75, 3.05) is 20.4 Å². The molecule has 0 aromatic carbocycles. The molecule has 1 heterocycles. The molecular weight excluding hydrogens is 176 g/mol. The van der Waals surface area contributed by atoms with E-state index in [9.17, 15) is 4.79 Å². The van der Waals surface area contributed by atoms with Gasteiger partial charge in [-0.25, -0.2) is 4.79 Å². The van der Waals surface area contributed by atoms with Gasteiger partial charge in [-0.05, 0) is 6.26 Å². The largest absolute Gasteiger partial charge is 0.346 e. The molecule has 0 aliphatic heterocycles. The fourth-order valence-corrected chi connectivity index (χ4v) is 1.13. The van der Waals surface area contributed by atoms with Gasteiger partial charge in [0.05, 0.1) is 6.20 Å². The van der Waals surface area contributed by atoms with Gasteiger partial charge < -0.3 is 4.90 Å². The van der Waals surface area contributed by atoms with Crippen LogP contribution in [0.3, 0.4) is 0 Å². The third-order valence-corrected chi connectivity index (χ3v) is 1.99. The van der Waals surface area contributed by atoms with Gasteiger partial charge >= 0.3 is 6.03 Å². The third-order valence-electron chi connectivity index (χ3n) is 1.29. The van der Waals surface area contributed by atoms with E-state index in [0.717, 1.165) is 5.03 Å². The molecule has 0 spiro atoms. The molecule has 0 fully saturated rings. The van der Waals surface area contributed by atoms with Crippen molar-refractivity contribution in [3.8, 4) is 0 Å². The number of nitrogens with zero attached hydrogens (tertiary/aromatic N) is 4. The van der Waals surface area contributed by atoms with Gasteiger partial charge in [-0.1, -0.05) is 5.21 Å². The predicted molar refractivity (Wildman–Crippen MR) is 46.3 cm³/mol. The first-order valence-corrected chi connectivity index (χ1v) is 4.55. The second kappa shape index (κ2) is 3.57. The summed E-state index contributed by atoms with van der Waals surface area (Å²) in [6.45, 7) is 0. The summed E-state index contributed by atoms with van der Waals surface area (Å²) in [7, 11) is 3.35. The Kier molecular flexibility index (Phi) is 2.69. The van der Waals surface area contributed by atoms with Crippen molar-refractivity contribution in [2.24, 2.45) is 0 Å². The van der Waals surface area contributed by atoms with E-state index in [1.54, 1.807) is 20.3 Å². The van der Waals surface area contributed by atoms with Crippen molar-refractivity contribution in [1.82, 2.24) is 19.9 Å². The maximum absolute atomic E-state index is 11.4. The lowest BCUT2D eigenvalue weighted by atomic mass is 10.8. The van der Waals surface area contributed by atoms with E-state index < -0.39 is 0 Å². The first-order valence-electron chi connectivity index (χ1n) is 3.33. The lowest BCUT2D eigenvalue weighted by Crippen LogP contribution is -2.28. The van der Waals surface area contributed by atoms with E-state index in [0.29, 0.717) is 0 Å². The highest BCUT2D eigenvalue weighted by Gasteiger charge is 2.12. The zero-order valence-corrected chi connectivity index (χ0v) is 8.00. The highest BCUT2D eigenvalue weighted by molar-refractivity contribution is 7.98. The highest BCUT2D eigenvalue weighted by Crippen LogP contribution is 2.11. The van der Waals surface area contributed by atoms with Crippen molar-refractivity contribution in [3.63, 3.8) is 0 Å². The molecule has 12 heavy (non-hydrogen) atoms. The smallest absolute Gasteiger partial charge is 0.329 e. The number of amides is 1. The monoisotopic (exact) mass is 186 g/mol. The predicted octanol–water partition coefficient (Wildman–Crippen LogP) is 0.530. The normalized spacial score (nSPS) is 9.92. The van der Waals surface area contributed by atoms with Crippen molar-refractivity contribution < 1.29 is 4.79 Å². The Labute approximate surface area is 74.7 Å². The molecule has 5 nitrogen and oxygen atoms in total. The van der Waals surface area contributed by atoms with Crippen LogP contribution in [0.5, 0.6) is 0 Å². The van der Waals surface area contributed by atoms with Crippen LogP contribution < -0.4 is 0 Å². The molecule has 0 N–H and O–H groups in total. The molecule has 0 saturated heterocycles. The summed E-state index contributed by atoms with van der Waals surface area (Å²) in [6.07, 6.45) is 3.43.